The van der Waals surface area contributed by atoms with E-state index in [1.165, 1.54) is 16.6 Å². The first-order chi connectivity index (χ1) is 17.1. The van der Waals surface area contributed by atoms with Crippen LogP contribution in [0.25, 0.3) is 11.2 Å². The zero-order chi connectivity index (χ0) is 23.5. The first-order valence-electron chi connectivity index (χ1n) is 12.4. The Morgan fingerprint density at radius 3 is 2.71 bits per heavy atom. The van der Waals surface area contributed by atoms with Crippen molar-refractivity contribution in [2.45, 2.75) is 56.6 Å². The molecule has 4 aliphatic rings. The van der Waals surface area contributed by atoms with E-state index < -0.39 is 0 Å². The van der Waals surface area contributed by atoms with E-state index in [-0.39, 0.29) is 18.2 Å². The second-order valence-electron chi connectivity index (χ2n) is 9.95. The summed E-state index contributed by atoms with van der Waals surface area (Å²) in [6.07, 6.45) is 6.24. The first kappa shape index (κ1) is 21.0. The molecule has 0 radical (unpaired) electrons. The minimum Gasteiger partial charge on any atom is -0.386 e. The van der Waals surface area contributed by atoms with Crippen LogP contribution in [-0.4, -0.2) is 65.1 Å². The van der Waals surface area contributed by atoms with Crippen molar-refractivity contribution in [3.05, 3.63) is 36.2 Å². The van der Waals surface area contributed by atoms with Gasteiger partial charge in [-0.25, -0.2) is 19.3 Å². The van der Waals surface area contributed by atoms with Crippen LogP contribution in [0.15, 0.2) is 30.6 Å². The molecule has 3 fully saturated rings. The Bertz CT molecular complexity index is 1300. The Kier molecular flexibility index (Phi) is 4.85. The second-order valence-corrected chi connectivity index (χ2v) is 9.95. The van der Waals surface area contributed by atoms with Gasteiger partial charge in [-0.3, -0.25) is 0 Å². The zero-order valence-electron chi connectivity index (χ0n) is 19.7. The molecular formula is C25H29N7O3. The van der Waals surface area contributed by atoms with Gasteiger partial charge in [0, 0.05) is 37.6 Å². The average Bonchev–Trinajstić information content (AvgIpc) is 3.43. The normalized spacial score (nSPS) is 27.6. The number of nitrogens with zero attached hydrogens (tertiary/aromatic N) is 4. The molecule has 6 bridgehead atoms. The number of fused-ring (bicyclic) bond motifs is 6. The van der Waals surface area contributed by atoms with Crippen LogP contribution >= 0.6 is 0 Å². The molecule has 182 valence electrons. The van der Waals surface area contributed by atoms with E-state index >= 15 is 0 Å². The van der Waals surface area contributed by atoms with Crippen LogP contribution in [-0.2, 0) is 16.1 Å². The monoisotopic (exact) mass is 475 g/mol. The van der Waals surface area contributed by atoms with Crippen molar-refractivity contribution in [3.8, 4) is 0 Å². The Morgan fingerprint density at radius 1 is 1.09 bits per heavy atom. The molecular weight excluding hydrogens is 446 g/mol. The Morgan fingerprint density at radius 2 is 1.94 bits per heavy atom. The van der Waals surface area contributed by atoms with Gasteiger partial charge < -0.3 is 30.3 Å². The number of anilines is 4. The molecule has 3 aromatic rings. The molecule has 3 aliphatic heterocycles. The van der Waals surface area contributed by atoms with E-state index in [0.29, 0.717) is 35.8 Å². The predicted molar refractivity (Wildman–Crippen MR) is 132 cm³/mol. The summed E-state index contributed by atoms with van der Waals surface area (Å²) in [5.74, 6) is 0.640. The number of rotatable bonds is 2. The quantitative estimate of drug-likeness (QED) is 0.519. The van der Waals surface area contributed by atoms with Gasteiger partial charge in [-0.1, -0.05) is 0 Å². The lowest BCUT2D eigenvalue weighted by Gasteiger charge is -2.37. The van der Waals surface area contributed by atoms with E-state index in [1.54, 1.807) is 0 Å². The molecule has 2 aromatic heterocycles. The summed E-state index contributed by atoms with van der Waals surface area (Å²) in [5.41, 5.74) is 5.16. The molecule has 1 amide bonds. The highest BCUT2D eigenvalue weighted by atomic mass is 16.5. The van der Waals surface area contributed by atoms with Crippen molar-refractivity contribution >= 4 is 40.1 Å². The van der Waals surface area contributed by atoms with E-state index in [4.69, 9.17) is 14.5 Å². The molecule has 4 atom stereocenters. The van der Waals surface area contributed by atoms with Crippen molar-refractivity contribution in [2.75, 3.05) is 35.7 Å². The van der Waals surface area contributed by atoms with Crippen molar-refractivity contribution in [2.24, 2.45) is 0 Å². The lowest BCUT2D eigenvalue weighted by molar-refractivity contribution is -0.0323. The number of aromatic nitrogens is 3. The van der Waals surface area contributed by atoms with E-state index in [2.05, 4.69) is 44.0 Å². The molecule has 1 aliphatic carbocycles. The molecule has 7 rings (SSSR count). The average molecular weight is 476 g/mol. The molecule has 3 N–H and O–H groups in total. The summed E-state index contributed by atoms with van der Waals surface area (Å²) in [5, 5.41) is 9.77. The van der Waals surface area contributed by atoms with Crippen molar-refractivity contribution in [1.29, 1.82) is 0 Å². The lowest BCUT2D eigenvalue weighted by atomic mass is 9.89. The summed E-state index contributed by atoms with van der Waals surface area (Å²) in [6, 6.07) is 8.17. The number of nitrogens with one attached hydrogen (secondary N) is 3. The SMILES string of the molecule is CNc1cc2nc3c1ncn3C(=O)N[C@@H]1CC[C@H]1OCc1cc(cc(N3CC4CCC(C3)O4)c1)N2. The molecule has 10 nitrogen and oxygen atoms in total. The van der Waals surface area contributed by atoms with Gasteiger partial charge in [0.15, 0.2) is 5.65 Å². The van der Waals surface area contributed by atoms with Gasteiger partial charge in [-0.15, -0.1) is 0 Å². The number of amides is 1. The highest BCUT2D eigenvalue weighted by Gasteiger charge is 2.35. The smallest absolute Gasteiger partial charge is 0.328 e. The van der Waals surface area contributed by atoms with Gasteiger partial charge in [-0.2, -0.15) is 0 Å². The summed E-state index contributed by atoms with van der Waals surface area (Å²) in [4.78, 5) is 24.7. The van der Waals surface area contributed by atoms with Crippen LogP contribution in [0, 0.1) is 0 Å². The highest BCUT2D eigenvalue weighted by molar-refractivity contribution is 5.94. The highest BCUT2D eigenvalue weighted by Crippen LogP contribution is 2.34. The van der Waals surface area contributed by atoms with Crippen LogP contribution < -0.4 is 20.9 Å². The van der Waals surface area contributed by atoms with E-state index in [0.717, 1.165) is 55.7 Å². The maximum Gasteiger partial charge on any atom is 0.328 e. The van der Waals surface area contributed by atoms with Crippen LogP contribution in [0.2, 0.25) is 0 Å². The Labute approximate surface area is 203 Å². The maximum atomic E-state index is 13.1. The number of hydrogen-bond donors (Lipinski definition) is 3. The topological polar surface area (TPSA) is 106 Å². The van der Waals surface area contributed by atoms with Crippen molar-refractivity contribution < 1.29 is 14.3 Å². The van der Waals surface area contributed by atoms with E-state index in [9.17, 15) is 4.79 Å². The molecule has 1 aromatic carbocycles. The van der Waals surface area contributed by atoms with Crippen molar-refractivity contribution in [3.63, 3.8) is 0 Å². The third-order valence-corrected chi connectivity index (χ3v) is 7.64. The van der Waals surface area contributed by atoms with Gasteiger partial charge >= 0.3 is 6.03 Å². The van der Waals surface area contributed by atoms with Gasteiger partial charge in [0.2, 0.25) is 0 Å². The van der Waals surface area contributed by atoms with Crippen LogP contribution in [0.1, 0.15) is 31.2 Å². The number of ether oxygens (including phenoxy) is 2. The number of carbonyl (C=O) groups excluding carboxylic acids is 1. The van der Waals surface area contributed by atoms with Gasteiger partial charge in [0.25, 0.3) is 0 Å². The molecule has 2 unspecified atom stereocenters. The van der Waals surface area contributed by atoms with Gasteiger partial charge in [0.05, 0.1) is 36.6 Å². The number of benzene rings is 1. The van der Waals surface area contributed by atoms with Crippen molar-refractivity contribution in [1.82, 2.24) is 19.9 Å². The third kappa shape index (κ3) is 3.68. The number of morpholine rings is 1. The van der Waals surface area contributed by atoms with Gasteiger partial charge in [0.1, 0.15) is 17.7 Å². The fourth-order valence-electron chi connectivity index (χ4n) is 5.64. The number of hydrogen-bond acceptors (Lipinski definition) is 8. The minimum atomic E-state index is -0.239. The fourth-order valence-corrected chi connectivity index (χ4v) is 5.64. The number of imidazole rings is 1. The van der Waals surface area contributed by atoms with E-state index in [1.807, 2.05) is 13.1 Å². The molecule has 2 saturated heterocycles. The summed E-state index contributed by atoms with van der Waals surface area (Å²) in [6.45, 7) is 2.30. The number of pyridine rings is 1. The molecule has 35 heavy (non-hydrogen) atoms. The summed E-state index contributed by atoms with van der Waals surface area (Å²) in [7, 11) is 1.84. The maximum absolute atomic E-state index is 13.1. The minimum absolute atomic E-state index is 0.00707. The lowest BCUT2D eigenvalue weighted by Crippen LogP contribution is -2.52. The standard InChI is InChI=1S/C25H29N7O3/c1-26-20-9-22-28-15-6-14(7-16(8-15)31-10-17-2-3-18(11-31)35-17)12-34-21-5-4-19(21)29-25(33)32-13-27-23(20)24(32)30-22/h6-9,13,17-19,21H,2-5,10-12H2,1H3,(H,29,33)(H2,26,28,30)/t17?,18?,19-,21-/m1/s1. The predicted octanol–water partition coefficient (Wildman–Crippen LogP) is 3.20. The Balaban J connectivity index is 1.32. The van der Waals surface area contributed by atoms with Crippen LogP contribution in [0.5, 0.6) is 0 Å². The molecule has 5 heterocycles. The summed E-state index contributed by atoms with van der Waals surface area (Å²) < 4.78 is 13.8. The molecule has 1 saturated carbocycles. The van der Waals surface area contributed by atoms with Crippen LogP contribution in [0.4, 0.5) is 27.7 Å². The van der Waals surface area contributed by atoms with Crippen LogP contribution in [0.3, 0.4) is 0 Å². The largest absolute Gasteiger partial charge is 0.386 e. The Hall–Kier alpha value is -3.37. The second kappa shape index (κ2) is 8.10. The molecule has 10 heteroatoms. The molecule has 0 spiro atoms. The fraction of sp³-hybridized carbons (Fsp3) is 0.480. The summed E-state index contributed by atoms with van der Waals surface area (Å²) >= 11 is 0. The first-order valence-corrected chi connectivity index (χ1v) is 12.4. The van der Waals surface area contributed by atoms with Gasteiger partial charge in [-0.05, 0) is 49.4 Å². The number of carbonyl (C=O) groups is 1. The zero-order valence-corrected chi connectivity index (χ0v) is 19.7. The third-order valence-electron chi connectivity index (χ3n) is 7.64.